The molecular weight excluding hydrogens is 204 g/mol. The number of hydrogen-bond donors (Lipinski definition) is 1. The van der Waals surface area contributed by atoms with Crippen LogP contribution in [-0.2, 0) is 4.79 Å². The Hall–Kier alpha value is -1.90. The van der Waals surface area contributed by atoms with Gasteiger partial charge < -0.3 is 5.11 Å². The maximum absolute atomic E-state index is 11.7. The van der Waals surface area contributed by atoms with E-state index in [4.69, 9.17) is 5.11 Å². The Kier molecular flexibility index (Phi) is 4.45. The molecule has 0 radical (unpaired) electrons. The molecule has 3 heteroatoms. The van der Waals surface area contributed by atoms with Crippen molar-refractivity contribution in [1.29, 1.82) is 0 Å². The van der Waals surface area contributed by atoms with Crippen molar-refractivity contribution in [3.63, 3.8) is 0 Å². The van der Waals surface area contributed by atoms with Crippen molar-refractivity contribution < 1.29 is 14.7 Å². The highest BCUT2D eigenvalue weighted by molar-refractivity contribution is 5.97. The van der Waals surface area contributed by atoms with Gasteiger partial charge in [0.15, 0.2) is 5.78 Å². The number of ketones is 1. The zero-order valence-electron chi connectivity index (χ0n) is 8.93. The molecule has 3 nitrogen and oxygen atoms in total. The van der Waals surface area contributed by atoms with Gasteiger partial charge in [0.05, 0.1) is 5.92 Å². The minimum atomic E-state index is -0.954. The van der Waals surface area contributed by atoms with Crippen molar-refractivity contribution >= 4 is 11.8 Å². The van der Waals surface area contributed by atoms with Gasteiger partial charge in [0.25, 0.3) is 0 Å². The lowest BCUT2D eigenvalue weighted by Gasteiger charge is -2.08. The average molecular weight is 218 g/mol. The van der Waals surface area contributed by atoms with E-state index in [0.717, 1.165) is 0 Å². The van der Waals surface area contributed by atoms with Crippen LogP contribution < -0.4 is 0 Å². The topological polar surface area (TPSA) is 54.4 Å². The highest BCUT2D eigenvalue weighted by atomic mass is 16.4. The summed E-state index contributed by atoms with van der Waals surface area (Å²) in [5.74, 6) is -1.77. The van der Waals surface area contributed by atoms with E-state index in [0.29, 0.717) is 12.0 Å². The second kappa shape index (κ2) is 5.85. The van der Waals surface area contributed by atoms with Crippen LogP contribution in [0.2, 0.25) is 0 Å². The number of Topliss-reactive ketones (excluding diaryl/α,β-unsaturated/α-hetero) is 1. The summed E-state index contributed by atoms with van der Waals surface area (Å²) in [6, 6.07) is 8.71. The Morgan fingerprint density at radius 3 is 2.44 bits per heavy atom. The number of aliphatic carboxylic acids is 1. The summed E-state index contributed by atoms with van der Waals surface area (Å²) in [6.45, 7) is 3.49. The zero-order valence-corrected chi connectivity index (χ0v) is 8.93. The molecule has 84 valence electrons. The van der Waals surface area contributed by atoms with Crippen LogP contribution >= 0.6 is 0 Å². The summed E-state index contributed by atoms with van der Waals surface area (Å²) >= 11 is 0. The molecule has 0 fully saturated rings. The van der Waals surface area contributed by atoms with E-state index in [2.05, 4.69) is 6.58 Å². The minimum absolute atomic E-state index is 0.0192. The molecule has 0 aliphatic carbocycles. The van der Waals surface area contributed by atoms with Crippen LogP contribution in [0.15, 0.2) is 43.0 Å². The molecule has 0 saturated heterocycles. The van der Waals surface area contributed by atoms with E-state index >= 15 is 0 Å². The molecule has 1 atom stereocenters. The number of rotatable bonds is 6. The van der Waals surface area contributed by atoms with Gasteiger partial charge >= 0.3 is 5.97 Å². The van der Waals surface area contributed by atoms with Crippen LogP contribution in [0.25, 0.3) is 0 Å². The summed E-state index contributed by atoms with van der Waals surface area (Å²) in [4.78, 5) is 22.6. The number of carbonyl (C=O) groups is 2. The van der Waals surface area contributed by atoms with Crippen LogP contribution in [0, 0.1) is 5.92 Å². The van der Waals surface area contributed by atoms with Gasteiger partial charge in [-0.05, 0) is 6.42 Å². The van der Waals surface area contributed by atoms with Gasteiger partial charge in [0.1, 0.15) is 0 Å². The molecule has 1 unspecified atom stereocenters. The third kappa shape index (κ3) is 3.35. The van der Waals surface area contributed by atoms with Crippen molar-refractivity contribution in [3.05, 3.63) is 48.6 Å². The van der Waals surface area contributed by atoms with E-state index in [1.807, 2.05) is 6.07 Å². The Balaban J connectivity index is 2.69. The molecule has 0 aromatic heterocycles. The highest BCUT2D eigenvalue weighted by Gasteiger charge is 2.20. The minimum Gasteiger partial charge on any atom is -0.481 e. The second-order valence-electron chi connectivity index (χ2n) is 3.55. The van der Waals surface area contributed by atoms with Crippen LogP contribution in [0.1, 0.15) is 23.2 Å². The summed E-state index contributed by atoms with van der Waals surface area (Å²) in [5.41, 5.74) is 0.554. The highest BCUT2D eigenvalue weighted by Crippen LogP contribution is 2.14. The van der Waals surface area contributed by atoms with E-state index in [-0.39, 0.29) is 12.2 Å². The maximum atomic E-state index is 11.7. The number of allylic oxidation sites excluding steroid dienone is 1. The summed E-state index contributed by atoms with van der Waals surface area (Å²) in [6.07, 6.45) is 1.86. The van der Waals surface area contributed by atoms with Gasteiger partial charge in [-0.15, -0.1) is 6.58 Å². The first-order valence-electron chi connectivity index (χ1n) is 5.07. The molecule has 0 heterocycles. The first-order valence-corrected chi connectivity index (χ1v) is 5.07. The summed E-state index contributed by atoms with van der Waals surface area (Å²) < 4.78 is 0. The molecule has 16 heavy (non-hydrogen) atoms. The van der Waals surface area contributed by atoms with Crippen LogP contribution in [0.3, 0.4) is 0 Å². The molecule has 1 aromatic carbocycles. The van der Waals surface area contributed by atoms with Crippen molar-refractivity contribution in [2.24, 2.45) is 5.92 Å². The van der Waals surface area contributed by atoms with Crippen LogP contribution in [-0.4, -0.2) is 16.9 Å². The Bertz CT molecular complexity index is 381. The predicted octanol–water partition coefficient (Wildman–Crippen LogP) is 2.54. The largest absolute Gasteiger partial charge is 0.481 e. The average Bonchev–Trinajstić information content (AvgIpc) is 2.29. The smallest absolute Gasteiger partial charge is 0.307 e. The molecule has 0 aliphatic rings. The summed E-state index contributed by atoms with van der Waals surface area (Å²) in [5, 5.41) is 8.90. The van der Waals surface area contributed by atoms with Crippen LogP contribution in [0.4, 0.5) is 0 Å². The fourth-order valence-electron chi connectivity index (χ4n) is 1.44. The number of carbonyl (C=O) groups excluding carboxylic acids is 1. The van der Waals surface area contributed by atoms with Gasteiger partial charge in [-0.2, -0.15) is 0 Å². The quantitative estimate of drug-likeness (QED) is 0.589. The molecule has 1 aromatic rings. The van der Waals surface area contributed by atoms with Crippen molar-refractivity contribution in [2.45, 2.75) is 12.8 Å². The number of carboxylic acids is 1. The SMILES string of the molecule is C=CCC(CC(=O)c1ccccc1)C(=O)O. The lowest BCUT2D eigenvalue weighted by Crippen LogP contribution is -2.17. The molecule has 0 amide bonds. The Morgan fingerprint density at radius 1 is 1.31 bits per heavy atom. The Morgan fingerprint density at radius 2 is 1.94 bits per heavy atom. The molecule has 0 bridgehead atoms. The zero-order chi connectivity index (χ0) is 12.0. The van der Waals surface area contributed by atoms with Crippen molar-refractivity contribution in [1.82, 2.24) is 0 Å². The first kappa shape index (κ1) is 12.2. The Labute approximate surface area is 94.4 Å². The lowest BCUT2D eigenvalue weighted by atomic mass is 9.95. The standard InChI is InChI=1S/C13H14O3/c1-2-6-11(13(15)16)9-12(14)10-7-4-3-5-8-10/h2-5,7-8,11H,1,6,9H2,(H,15,16). The first-order chi connectivity index (χ1) is 7.65. The molecule has 0 spiro atoms. The molecule has 0 saturated carbocycles. The molecular formula is C13H14O3. The second-order valence-corrected chi connectivity index (χ2v) is 3.55. The van der Waals surface area contributed by atoms with Gasteiger partial charge in [-0.1, -0.05) is 36.4 Å². The fraction of sp³-hybridized carbons (Fsp3) is 0.231. The fourth-order valence-corrected chi connectivity index (χ4v) is 1.44. The lowest BCUT2D eigenvalue weighted by molar-refractivity contribution is -0.141. The van der Waals surface area contributed by atoms with E-state index in [1.54, 1.807) is 24.3 Å². The van der Waals surface area contributed by atoms with Crippen LogP contribution in [0.5, 0.6) is 0 Å². The third-order valence-corrected chi connectivity index (χ3v) is 2.33. The van der Waals surface area contributed by atoms with Gasteiger partial charge in [-0.3, -0.25) is 9.59 Å². The maximum Gasteiger partial charge on any atom is 0.307 e. The number of hydrogen-bond acceptors (Lipinski definition) is 2. The van der Waals surface area contributed by atoms with E-state index < -0.39 is 11.9 Å². The van der Waals surface area contributed by atoms with Crippen molar-refractivity contribution in [2.75, 3.05) is 0 Å². The third-order valence-electron chi connectivity index (χ3n) is 2.33. The monoisotopic (exact) mass is 218 g/mol. The van der Waals surface area contributed by atoms with Gasteiger partial charge in [-0.25, -0.2) is 0 Å². The molecule has 0 aliphatic heterocycles. The molecule has 1 rings (SSSR count). The molecule has 1 N–H and O–H groups in total. The van der Waals surface area contributed by atoms with Gasteiger partial charge in [0, 0.05) is 12.0 Å². The van der Waals surface area contributed by atoms with Crippen molar-refractivity contribution in [3.8, 4) is 0 Å². The number of carboxylic acid groups (broad SMARTS) is 1. The normalized spacial score (nSPS) is 11.8. The predicted molar refractivity (Wildman–Crippen MR) is 61.3 cm³/mol. The van der Waals surface area contributed by atoms with E-state index in [9.17, 15) is 9.59 Å². The van der Waals surface area contributed by atoms with E-state index in [1.165, 1.54) is 6.08 Å². The van der Waals surface area contributed by atoms with Gasteiger partial charge in [0.2, 0.25) is 0 Å². The number of benzene rings is 1. The summed E-state index contributed by atoms with van der Waals surface area (Å²) in [7, 11) is 0.